The maximum Gasteiger partial charge on any atom is 0.422 e. The van der Waals surface area contributed by atoms with Crippen LogP contribution in [0.2, 0.25) is 0 Å². The van der Waals surface area contributed by atoms with Crippen LogP contribution >= 0.6 is 8.69 Å². The lowest BCUT2D eigenvalue weighted by atomic mass is 9.92. The Hall–Kier alpha value is -3.08. The molecule has 190 valence electrons. The molecule has 2 fully saturated rings. The van der Waals surface area contributed by atoms with Crippen molar-refractivity contribution >= 4 is 25.3 Å². The molecular formula is C26H27F3N3O3P. The number of hydrogen-bond acceptors (Lipinski definition) is 5. The van der Waals surface area contributed by atoms with E-state index in [4.69, 9.17) is 15.0 Å². The first-order chi connectivity index (χ1) is 17.2. The summed E-state index contributed by atoms with van der Waals surface area (Å²) >= 11 is 0. The molecule has 6 nitrogen and oxygen atoms in total. The van der Waals surface area contributed by atoms with Gasteiger partial charge in [0.15, 0.2) is 6.61 Å². The van der Waals surface area contributed by atoms with Crippen LogP contribution in [0, 0.1) is 11.3 Å². The summed E-state index contributed by atoms with van der Waals surface area (Å²) in [6, 6.07) is 14.5. The number of ether oxygens (including phenoxy) is 1. The van der Waals surface area contributed by atoms with Gasteiger partial charge in [-0.3, -0.25) is 4.52 Å². The van der Waals surface area contributed by atoms with E-state index < -0.39 is 12.8 Å². The first kappa shape index (κ1) is 26.0. The molecule has 2 aromatic carbocycles. The molecule has 10 heteroatoms. The molecule has 0 spiro atoms. The van der Waals surface area contributed by atoms with E-state index in [1.54, 1.807) is 24.3 Å². The van der Waals surface area contributed by atoms with Gasteiger partial charge in [0, 0.05) is 23.2 Å². The number of hydrogen-bond donors (Lipinski definition) is 1. The van der Waals surface area contributed by atoms with Crippen LogP contribution in [0.5, 0.6) is 5.75 Å². The number of rotatable bonds is 7. The molecule has 2 aliphatic rings. The number of halogens is 3. The summed E-state index contributed by atoms with van der Waals surface area (Å²) in [5.41, 5.74) is 9.28. The average molecular weight is 517 g/mol. The zero-order chi connectivity index (χ0) is 25.9. The third-order valence-electron chi connectivity index (χ3n) is 6.80. The fraction of sp³-hybridized carbons (Fsp3) is 0.423. The van der Waals surface area contributed by atoms with Crippen LogP contribution in [-0.2, 0) is 9.09 Å². The molecule has 1 heterocycles. The van der Waals surface area contributed by atoms with Crippen molar-refractivity contribution < 1.29 is 27.0 Å². The third kappa shape index (κ3) is 5.66. The lowest BCUT2D eigenvalue weighted by Gasteiger charge is -2.30. The lowest BCUT2D eigenvalue weighted by Crippen LogP contribution is -2.19. The fourth-order valence-corrected chi connectivity index (χ4v) is 4.80. The molecule has 0 bridgehead atoms. The van der Waals surface area contributed by atoms with Crippen molar-refractivity contribution in [3.05, 3.63) is 48.0 Å². The highest BCUT2D eigenvalue weighted by Crippen LogP contribution is 2.45. The molecule has 0 radical (unpaired) electrons. The van der Waals surface area contributed by atoms with E-state index >= 15 is 0 Å². The predicted molar refractivity (Wildman–Crippen MR) is 132 cm³/mol. The van der Waals surface area contributed by atoms with Crippen LogP contribution < -0.4 is 10.5 Å². The second-order valence-corrected chi connectivity index (χ2v) is 9.53. The van der Waals surface area contributed by atoms with Gasteiger partial charge in [0.2, 0.25) is 0 Å². The minimum Gasteiger partial charge on any atom is -0.484 e. The van der Waals surface area contributed by atoms with Gasteiger partial charge >= 0.3 is 14.9 Å². The molecule has 36 heavy (non-hydrogen) atoms. The molecule has 2 saturated carbocycles. The zero-order valence-electron chi connectivity index (χ0n) is 19.8. The van der Waals surface area contributed by atoms with Crippen molar-refractivity contribution in [3.63, 3.8) is 0 Å². The van der Waals surface area contributed by atoms with Crippen LogP contribution in [0.15, 0.2) is 42.5 Å². The summed E-state index contributed by atoms with van der Waals surface area (Å²) in [6.07, 6.45) is 1.75. The fourth-order valence-electron chi connectivity index (χ4n) is 4.34. The first-order valence-corrected chi connectivity index (χ1v) is 12.6. The standard InChI is InChI=1S/C21H18F3N3O.C5H9O2P/c22-21(23,24)12-28-16-8-9-17-18(11-25)20(13-4-6-14(26)7-5-13)27(19(17)10-16)15-2-1-3-15;1-2-5(3-4-5)7-8-6/h4-10,15H,1-3,12,26H2;2-4H2,1H3. The highest BCUT2D eigenvalue weighted by Gasteiger charge is 2.42. The molecule has 0 atom stereocenters. The summed E-state index contributed by atoms with van der Waals surface area (Å²) in [7, 11) is -0.163. The predicted octanol–water partition coefficient (Wildman–Crippen LogP) is 7.58. The van der Waals surface area contributed by atoms with Crippen molar-refractivity contribution in [3.8, 4) is 23.1 Å². The van der Waals surface area contributed by atoms with Gasteiger partial charge in [-0.05, 0) is 68.4 Å². The van der Waals surface area contributed by atoms with Crippen LogP contribution in [0.1, 0.15) is 57.1 Å². The Morgan fingerprint density at radius 3 is 2.36 bits per heavy atom. The normalized spacial score (nSPS) is 16.6. The molecule has 0 saturated heterocycles. The summed E-state index contributed by atoms with van der Waals surface area (Å²) < 4.78 is 59.4. The van der Waals surface area contributed by atoms with E-state index in [2.05, 4.69) is 17.6 Å². The Kier molecular flexibility index (Phi) is 7.58. The van der Waals surface area contributed by atoms with Crippen molar-refractivity contribution in [1.82, 2.24) is 4.57 Å². The maximum atomic E-state index is 12.5. The van der Waals surface area contributed by atoms with Gasteiger partial charge in [0.25, 0.3) is 0 Å². The summed E-state index contributed by atoms with van der Waals surface area (Å²) in [5, 5.41) is 10.5. The summed E-state index contributed by atoms with van der Waals surface area (Å²) in [4.78, 5) is 0. The highest BCUT2D eigenvalue weighted by atomic mass is 31.1. The van der Waals surface area contributed by atoms with Crippen LogP contribution in [0.3, 0.4) is 0 Å². The molecule has 0 unspecified atom stereocenters. The van der Waals surface area contributed by atoms with Gasteiger partial charge in [0.1, 0.15) is 11.8 Å². The molecular weight excluding hydrogens is 490 g/mol. The summed E-state index contributed by atoms with van der Waals surface area (Å²) in [6.45, 7) is 0.705. The monoisotopic (exact) mass is 517 g/mol. The number of anilines is 1. The smallest absolute Gasteiger partial charge is 0.422 e. The zero-order valence-corrected chi connectivity index (χ0v) is 20.7. The Morgan fingerprint density at radius 2 is 1.89 bits per heavy atom. The molecule has 2 N–H and O–H groups in total. The maximum absolute atomic E-state index is 12.5. The van der Waals surface area contributed by atoms with E-state index in [9.17, 15) is 23.0 Å². The van der Waals surface area contributed by atoms with Crippen LogP contribution in [-0.4, -0.2) is 23.0 Å². The van der Waals surface area contributed by atoms with Gasteiger partial charge in [0.05, 0.1) is 22.4 Å². The van der Waals surface area contributed by atoms with E-state index in [0.717, 1.165) is 49.8 Å². The number of nitriles is 1. The minimum absolute atomic E-state index is 0.0172. The third-order valence-corrected chi connectivity index (χ3v) is 7.26. The Labute approximate surface area is 209 Å². The Bertz CT molecular complexity index is 1270. The molecule has 3 aromatic rings. The lowest BCUT2D eigenvalue weighted by molar-refractivity contribution is -0.153. The van der Waals surface area contributed by atoms with E-state index in [-0.39, 0.29) is 26.1 Å². The second kappa shape index (κ2) is 10.5. The molecule has 1 aromatic heterocycles. The van der Waals surface area contributed by atoms with Crippen molar-refractivity contribution in [2.24, 2.45) is 0 Å². The van der Waals surface area contributed by atoms with E-state index in [1.807, 2.05) is 12.1 Å². The molecule has 0 aliphatic heterocycles. The summed E-state index contributed by atoms with van der Waals surface area (Å²) in [5.74, 6) is 0.135. The van der Waals surface area contributed by atoms with Gasteiger partial charge < -0.3 is 15.0 Å². The van der Waals surface area contributed by atoms with Crippen molar-refractivity contribution in [1.29, 1.82) is 5.26 Å². The van der Waals surface area contributed by atoms with Crippen LogP contribution in [0.4, 0.5) is 18.9 Å². The second-order valence-electron chi connectivity index (χ2n) is 9.20. The highest BCUT2D eigenvalue weighted by molar-refractivity contribution is 7.17. The SMILES string of the molecule is CCC1(OP=O)CC1.N#Cc1c(-c2ccc(N)cc2)n(C2CCC2)c2cc(OCC(F)(F)F)ccc12. The Morgan fingerprint density at radius 1 is 1.19 bits per heavy atom. The van der Waals surface area contributed by atoms with Crippen molar-refractivity contribution in [2.75, 3.05) is 12.3 Å². The van der Waals surface area contributed by atoms with Gasteiger partial charge in [-0.15, -0.1) is 0 Å². The Balaban J connectivity index is 0.000000325. The number of fused-ring (bicyclic) bond motifs is 1. The topological polar surface area (TPSA) is 90.3 Å². The van der Waals surface area contributed by atoms with Crippen LogP contribution in [0.25, 0.3) is 22.2 Å². The number of alkyl halides is 3. The number of nitrogens with two attached hydrogens (primary N) is 1. The first-order valence-electron chi connectivity index (χ1n) is 11.8. The molecule has 5 rings (SSSR count). The number of nitrogens with zero attached hydrogens (tertiary/aromatic N) is 2. The molecule has 0 amide bonds. The van der Waals surface area contributed by atoms with Gasteiger partial charge in [-0.1, -0.05) is 19.1 Å². The largest absolute Gasteiger partial charge is 0.484 e. The van der Waals surface area contributed by atoms with Gasteiger partial charge in [-0.25, -0.2) is 4.57 Å². The number of aromatic nitrogens is 1. The van der Waals surface area contributed by atoms with E-state index in [1.165, 1.54) is 6.07 Å². The quantitative estimate of drug-likeness (QED) is 0.258. The van der Waals surface area contributed by atoms with Crippen molar-refractivity contribution in [2.45, 2.75) is 63.3 Å². The van der Waals surface area contributed by atoms with E-state index in [0.29, 0.717) is 22.2 Å². The molecule has 2 aliphatic carbocycles. The average Bonchev–Trinajstić information content (AvgIpc) is 3.53. The minimum atomic E-state index is -4.40. The van der Waals surface area contributed by atoms with Gasteiger partial charge in [-0.2, -0.15) is 18.4 Å². The number of benzene rings is 2. The number of nitrogen functional groups attached to an aromatic ring is 1.